The van der Waals surface area contributed by atoms with Gasteiger partial charge in [-0.2, -0.15) is 0 Å². The normalized spacial score (nSPS) is 15.6. The Morgan fingerprint density at radius 1 is 0.848 bits per heavy atom. The summed E-state index contributed by atoms with van der Waals surface area (Å²) in [5, 5.41) is 26.5. The van der Waals surface area contributed by atoms with Crippen molar-refractivity contribution in [2.75, 3.05) is 6.54 Å². The number of nitrogens with one attached hydrogen (secondary N) is 3. The molecule has 5 atom stereocenters. The number of aliphatic carboxylic acids is 1. The van der Waals surface area contributed by atoms with Crippen LogP contribution in [0.1, 0.15) is 52.9 Å². The van der Waals surface area contributed by atoms with E-state index in [-0.39, 0.29) is 19.3 Å². The largest absolute Gasteiger partial charge is 0.480 e. The van der Waals surface area contributed by atoms with Gasteiger partial charge in [0.15, 0.2) is 0 Å². The van der Waals surface area contributed by atoms with Crippen LogP contribution in [0, 0.1) is 5.92 Å². The van der Waals surface area contributed by atoms with Gasteiger partial charge in [-0.1, -0.05) is 13.8 Å². The van der Waals surface area contributed by atoms with Gasteiger partial charge in [-0.25, -0.2) is 4.79 Å². The molecule has 0 aliphatic carbocycles. The molecule has 33 heavy (non-hydrogen) atoms. The maximum atomic E-state index is 12.8. The Kier molecular flexibility index (Phi) is 13.9. The molecule has 0 saturated heterocycles. The van der Waals surface area contributed by atoms with Gasteiger partial charge in [-0.05, 0) is 45.1 Å². The smallest absolute Gasteiger partial charge is 0.326 e. The topological polar surface area (TPSA) is 240 Å². The number of carbonyl (C=O) groups is 5. The number of aliphatic hydroxyl groups is 1. The minimum absolute atomic E-state index is 0.00691. The molecule has 5 unspecified atom stereocenters. The lowest BCUT2D eigenvalue weighted by Gasteiger charge is -2.28. The van der Waals surface area contributed by atoms with Crippen LogP contribution in [0.3, 0.4) is 0 Å². The molecule has 0 saturated carbocycles. The molecule has 0 aromatic heterocycles. The van der Waals surface area contributed by atoms with E-state index in [0.717, 1.165) is 0 Å². The van der Waals surface area contributed by atoms with Gasteiger partial charge in [0.2, 0.25) is 23.6 Å². The van der Waals surface area contributed by atoms with Crippen LogP contribution in [0.25, 0.3) is 0 Å². The van der Waals surface area contributed by atoms with Gasteiger partial charge in [-0.3, -0.25) is 19.2 Å². The fourth-order valence-corrected chi connectivity index (χ4v) is 2.88. The number of hydrogen-bond acceptors (Lipinski definition) is 8. The molecule has 0 fully saturated rings. The first kappa shape index (κ1) is 30.2. The standard InChI is InChI=1S/C20H38N6O7/c1-10(2)15(25-17(29)12(22)7-8-14(23)28)18(30)26-16(11(3)27)19(31)24-13(20(32)33)6-4-5-9-21/h10-13,15-16,27H,4-9,21-22H2,1-3H3,(H2,23,28)(H,24,31)(H,25,29)(H,26,30)(H,32,33). The molecule has 190 valence electrons. The van der Waals surface area contributed by atoms with Crippen LogP contribution in [0.4, 0.5) is 0 Å². The van der Waals surface area contributed by atoms with Crippen molar-refractivity contribution in [2.45, 2.75) is 83.1 Å². The third kappa shape index (κ3) is 11.6. The van der Waals surface area contributed by atoms with Crippen LogP contribution in [0.5, 0.6) is 0 Å². The van der Waals surface area contributed by atoms with E-state index in [4.69, 9.17) is 17.2 Å². The van der Waals surface area contributed by atoms with E-state index in [2.05, 4.69) is 16.0 Å². The van der Waals surface area contributed by atoms with E-state index in [1.807, 2.05) is 0 Å². The summed E-state index contributed by atoms with van der Waals surface area (Å²) in [5.74, 6) is -4.63. The van der Waals surface area contributed by atoms with Crippen LogP contribution >= 0.6 is 0 Å². The highest BCUT2D eigenvalue weighted by Gasteiger charge is 2.33. The summed E-state index contributed by atoms with van der Waals surface area (Å²) < 4.78 is 0. The van der Waals surface area contributed by atoms with Gasteiger partial charge in [0, 0.05) is 6.42 Å². The Labute approximate surface area is 193 Å². The number of nitrogens with two attached hydrogens (primary N) is 3. The third-order valence-corrected chi connectivity index (χ3v) is 4.91. The molecule has 13 heteroatoms. The third-order valence-electron chi connectivity index (χ3n) is 4.91. The second kappa shape index (κ2) is 15.1. The Hall–Kier alpha value is -2.77. The number of amides is 4. The SMILES string of the molecule is CC(C)C(NC(=O)C(N)CCC(N)=O)C(=O)NC(C(=O)NC(CCCCN)C(=O)O)C(C)O. The Bertz CT molecular complexity index is 686. The van der Waals surface area contributed by atoms with Crippen molar-refractivity contribution < 1.29 is 34.2 Å². The zero-order valence-corrected chi connectivity index (χ0v) is 19.4. The predicted octanol–water partition coefficient (Wildman–Crippen LogP) is -2.72. The van der Waals surface area contributed by atoms with E-state index in [1.165, 1.54) is 6.92 Å². The summed E-state index contributed by atoms with van der Waals surface area (Å²) in [7, 11) is 0. The summed E-state index contributed by atoms with van der Waals surface area (Å²) >= 11 is 0. The number of aliphatic hydroxyl groups excluding tert-OH is 1. The van der Waals surface area contributed by atoms with Crippen molar-refractivity contribution in [3.8, 4) is 0 Å². The first-order valence-electron chi connectivity index (χ1n) is 10.9. The number of carbonyl (C=O) groups excluding carboxylic acids is 4. The molecular formula is C20H38N6O7. The van der Waals surface area contributed by atoms with Gasteiger partial charge in [-0.15, -0.1) is 0 Å². The molecule has 11 N–H and O–H groups in total. The van der Waals surface area contributed by atoms with Gasteiger partial charge in [0.05, 0.1) is 12.1 Å². The van der Waals surface area contributed by atoms with E-state index in [9.17, 15) is 34.2 Å². The minimum Gasteiger partial charge on any atom is -0.480 e. The number of hydrogen-bond donors (Lipinski definition) is 8. The highest BCUT2D eigenvalue weighted by molar-refractivity contribution is 5.94. The van der Waals surface area contributed by atoms with Crippen LogP contribution in [-0.4, -0.2) is 76.6 Å². The van der Waals surface area contributed by atoms with E-state index in [0.29, 0.717) is 19.4 Å². The molecule has 0 aliphatic rings. The lowest BCUT2D eigenvalue weighted by molar-refractivity contribution is -0.143. The summed E-state index contributed by atoms with van der Waals surface area (Å²) in [6.45, 7) is 4.93. The molecule has 0 spiro atoms. The molecule has 0 aliphatic heterocycles. The quantitative estimate of drug-likeness (QED) is 0.108. The molecule has 0 aromatic carbocycles. The average Bonchev–Trinajstić information content (AvgIpc) is 2.72. The Morgan fingerprint density at radius 3 is 1.85 bits per heavy atom. The fraction of sp³-hybridized carbons (Fsp3) is 0.750. The van der Waals surface area contributed by atoms with Gasteiger partial charge in [0.25, 0.3) is 0 Å². The minimum atomic E-state index is -1.46. The van der Waals surface area contributed by atoms with Crippen molar-refractivity contribution in [3.05, 3.63) is 0 Å². The zero-order valence-electron chi connectivity index (χ0n) is 19.4. The number of carboxylic acid groups (broad SMARTS) is 1. The van der Waals surface area contributed by atoms with Crippen molar-refractivity contribution in [1.29, 1.82) is 0 Å². The summed E-state index contributed by atoms with van der Waals surface area (Å²) in [6.07, 6.45) is -0.286. The van der Waals surface area contributed by atoms with Crippen molar-refractivity contribution >= 4 is 29.6 Å². The first-order valence-corrected chi connectivity index (χ1v) is 10.9. The number of unbranched alkanes of at least 4 members (excludes halogenated alkanes) is 1. The lowest BCUT2D eigenvalue weighted by Crippen LogP contribution is -2.60. The van der Waals surface area contributed by atoms with Crippen molar-refractivity contribution in [1.82, 2.24) is 16.0 Å². The molecule has 0 rings (SSSR count). The van der Waals surface area contributed by atoms with E-state index >= 15 is 0 Å². The fourth-order valence-electron chi connectivity index (χ4n) is 2.88. The molecule has 0 heterocycles. The number of primary amides is 1. The van der Waals surface area contributed by atoms with Crippen LogP contribution in [0.15, 0.2) is 0 Å². The molecule has 4 amide bonds. The van der Waals surface area contributed by atoms with Crippen molar-refractivity contribution in [3.63, 3.8) is 0 Å². The molecule has 0 bridgehead atoms. The van der Waals surface area contributed by atoms with E-state index in [1.54, 1.807) is 13.8 Å². The predicted molar refractivity (Wildman–Crippen MR) is 119 cm³/mol. The highest BCUT2D eigenvalue weighted by Crippen LogP contribution is 2.07. The lowest BCUT2D eigenvalue weighted by atomic mass is 10.0. The van der Waals surface area contributed by atoms with Crippen LogP contribution in [-0.2, 0) is 24.0 Å². The van der Waals surface area contributed by atoms with Gasteiger partial charge in [0.1, 0.15) is 18.1 Å². The monoisotopic (exact) mass is 474 g/mol. The Morgan fingerprint density at radius 2 is 1.39 bits per heavy atom. The highest BCUT2D eigenvalue weighted by atomic mass is 16.4. The van der Waals surface area contributed by atoms with Crippen LogP contribution in [0.2, 0.25) is 0 Å². The molecule has 13 nitrogen and oxygen atoms in total. The maximum Gasteiger partial charge on any atom is 0.326 e. The van der Waals surface area contributed by atoms with Gasteiger partial charge >= 0.3 is 5.97 Å². The molecule has 0 radical (unpaired) electrons. The first-order chi connectivity index (χ1) is 15.3. The molecular weight excluding hydrogens is 436 g/mol. The maximum absolute atomic E-state index is 12.8. The van der Waals surface area contributed by atoms with E-state index < -0.39 is 65.8 Å². The second-order valence-corrected chi connectivity index (χ2v) is 8.25. The number of carboxylic acids is 1. The number of rotatable bonds is 16. The van der Waals surface area contributed by atoms with Crippen LogP contribution < -0.4 is 33.2 Å². The molecule has 0 aromatic rings. The van der Waals surface area contributed by atoms with Crippen molar-refractivity contribution in [2.24, 2.45) is 23.1 Å². The second-order valence-electron chi connectivity index (χ2n) is 8.25. The van der Waals surface area contributed by atoms with Gasteiger partial charge < -0.3 is 43.4 Å². The summed E-state index contributed by atoms with van der Waals surface area (Å²) in [6, 6.07) is -4.86. The zero-order chi connectivity index (χ0) is 25.7. The average molecular weight is 475 g/mol. The summed E-state index contributed by atoms with van der Waals surface area (Å²) in [5.41, 5.74) is 16.2. The summed E-state index contributed by atoms with van der Waals surface area (Å²) in [4.78, 5) is 60.0. The Balaban J connectivity index is 5.26.